The van der Waals surface area contributed by atoms with Crippen molar-refractivity contribution in [3.8, 4) is 0 Å². The van der Waals surface area contributed by atoms with E-state index in [-0.39, 0.29) is 12.4 Å². The summed E-state index contributed by atoms with van der Waals surface area (Å²) >= 11 is 1.51. The Hall–Kier alpha value is -1.56. The van der Waals surface area contributed by atoms with Gasteiger partial charge in [0.15, 0.2) is 0 Å². The number of carboxylic acid groups (broad SMARTS) is 1. The van der Waals surface area contributed by atoms with Crippen LogP contribution >= 0.6 is 11.3 Å². The van der Waals surface area contributed by atoms with E-state index in [0.29, 0.717) is 24.6 Å². The zero-order valence-electron chi connectivity index (χ0n) is 13.7. The van der Waals surface area contributed by atoms with Crippen LogP contribution in [0.4, 0.5) is 5.00 Å². The van der Waals surface area contributed by atoms with Crippen molar-refractivity contribution >= 4 is 28.3 Å². The Kier molecular flexibility index (Phi) is 7.38. The molecule has 1 rings (SSSR count). The first kappa shape index (κ1) is 18.5. The number of carbonyl (C=O) groups is 2. The quantitative estimate of drug-likeness (QED) is 0.702. The lowest BCUT2D eigenvalue weighted by molar-refractivity contribution is -0.136. The third-order valence-electron chi connectivity index (χ3n) is 3.19. The van der Waals surface area contributed by atoms with Gasteiger partial charge in [-0.05, 0) is 32.3 Å². The highest BCUT2D eigenvalue weighted by molar-refractivity contribution is 7.16. The second-order valence-corrected chi connectivity index (χ2v) is 6.84. The Bertz CT molecular complexity index is 510. The molecule has 5 nitrogen and oxygen atoms in total. The minimum absolute atomic E-state index is 0.0529. The number of hydrogen-bond donors (Lipinski definition) is 1. The molecule has 6 heteroatoms. The van der Waals surface area contributed by atoms with E-state index in [4.69, 9.17) is 9.84 Å². The molecule has 0 saturated heterocycles. The van der Waals surface area contributed by atoms with E-state index in [1.54, 1.807) is 6.92 Å². The van der Waals surface area contributed by atoms with Gasteiger partial charge in [-0.1, -0.05) is 13.8 Å². The van der Waals surface area contributed by atoms with Crippen LogP contribution in [-0.2, 0) is 9.53 Å². The monoisotopic (exact) mass is 327 g/mol. The molecular formula is C16H25NO4S. The van der Waals surface area contributed by atoms with Gasteiger partial charge in [0.05, 0.1) is 18.6 Å². The zero-order valence-corrected chi connectivity index (χ0v) is 14.5. The van der Waals surface area contributed by atoms with Crippen LogP contribution in [0.1, 0.15) is 48.8 Å². The topological polar surface area (TPSA) is 66.8 Å². The molecule has 0 saturated carbocycles. The lowest BCUT2D eigenvalue weighted by atomic mass is 10.1. The first-order valence-corrected chi connectivity index (χ1v) is 8.41. The molecule has 0 radical (unpaired) electrons. The summed E-state index contributed by atoms with van der Waals surface area (Å²) < 4.78 is 5.11. The van der Waals surface area contributed by atoms with E-state index in [9.17, 15) is 9.59 Å². The van der Waals surface area contributed by atoms with Gasteiger partial charge in [0.25, 0.3) is 0 Å². The minimum Gasteiger partial charge on any atom is -0.481 e. The molecule has 0 spiro atoms. The van der Waals surface area contributed by atoms with Crippen LogP contribution in [0.2, 0.25) is 0 Å². The number of carboxylic acids is 1. The summed E-state index contributed by atoms with van der Waals surface area (Å²) in [7, 11) is 0. The molecule has 0 aliphatic heterocycles. The second-order valence-electron chi connectivity index (χ2n) is 5.61. The van der Waals surface area contributed by atoms with Crippen LogP contribution in [0.5, 0.6) is 0 Å². The predicted octanol–water partition coefficient (Wildman–Crippen LogP) is 3.56. The molecule has 1 heterocycles. The smallest absolute Gasteiger partial charge is 0.341 e. The summed E-state index contributed by atoms with van der Waals surface area (Å²) in [6.45, 7) is 9.43. The Balaban J connectivity index is 3.00. The molecule has 0 aromatic carbocycles. The highest BCUT2D eigenvalue weighted by Gasteiger charge is 2.21. The van der Waals surface area contributed by atoms with Gasteiger partial charge in [0, 0.05) is 18.0 Å². The minimum atomic E-state index is -0.833. The highest BCUT2D eigenvalue weighted by atomic mass is 32.1. The van der Waals surface area contributed by atoms with E-state index in [1.165, 1.54) is 11.3 Å². The SMILES string of the molecule is CCOC(=O)c1cc(C)sc1N(CCC(=O)O)CCC(C)C. The van der Waals surface area contributed by atoms with Crippen LogP contribution in [0.3, 0.4) is 0 Å². The average Bonchev–Trinajstić information content (AvgIpc) is 2.80. The lowest BCUT2D eigenvalue weighted by Crippen LogP contribution is -2.28. The van der Waals surface area contributed by atoms with Crippen molar-refractivity contribution in [1.29, 1.82) is 0 Å². The standard InChI is InChI=1S/C16H25NO4S/c1-5-21-16(20)13-10-12(4)22-15(13)17(8-6-11(2)3)9-7-14(18)19/h10-11H,5-9H2,1-4H3,(H,18,19). The van der Waals surface area contributed by atoms with Crippen molar-refractivity contribution in [2.45, 2.75) is 40.5 Å². The predicted molar refractivity (Wildman–Crippen MR) is 88.9 cm³/mol. The van der Waals surface area contributed by atoms with Crippen molar-refractivity contribution in [2.24, 2.45) is 5.92 Å². The van der Waals surface area contributed by atoms with Crippen LogP contribution in [0.25, 0.3) is 0 Å². The molecule has 0 aliphatic carbocycles. The summed E-state index contributed by atoms with van der Waals surface area (Å²) in [5.74, 6) is -0.660. The number of ether oxygens (including phenoxy) is 1. The number of anilines is 1. The fourth-order valence-electron chi connectivity index (χ4n) is 2.05. The summed E-state index contributed by atoms with van der Waals surface area (Å²) in [6.07, 6.45) is 0.996. The van der Waals surface area contributed by atoms with Crippen LogP contribution in [0, 0.1) is 12.8 Å². The van der Waals surface area contributed by atoms with E-state index < -0.39 is 5.97 Å². The fraction of sp³-hybridized carbons (Fsp3) is 0.625. The van der Waals surface area contributed by atoms with Crippen LogP contribution in [-0.4, -0.2) is 36.7 Å². The molecule has 1 aromatic heterocycles. The zero-order chi connectivity index (χ0) is 16.7. The molecule has 0 unspecified atom stereocenters. The Morgan fingerprint density at radius 1 is 1.36 bits per heavy atom. The number of esters is 1. The maximum Gasteiger partial charge on any atom is 0.341 e. The van der Waals surface area contributed by atoms with Crippen LogP contribution in [0.15, 0.2) is 6.07 Å². The second kappa shape index (κ2) is 8.78. The van der Waals surface area contributed by atoms with E-state index in [2.05, 4.69) is 13.8 Å². The molecule has 124 valence electrons. The van der Waals surface area contributed by atoms with Gasteiger partial charge >= 0.3 is 11.9 Å². The normalized spacial score (nSPS) is 10.8. The number of nitrogens with zero attached hydrogens (tertiary/aromatic N) is 1. The number of aliphatic carboxylic acids is 1. The van der Waals surface area contributed by atoms with Gasteiger partial charge in [-0.2, -0.15) is 0 Å². The van der Waals surface area contributed by atoms with Gasteiger partial charge in [0.2, 0.25) is 0 Å². The van der Waals surface area contributed by atoms with Crippen LogP contribution < -0.4 is 4.90 Å². The average molecular weight is 327 g/mol. The Labute approximate surface area is 135 Å². The summed E-state index contributed by atoms with van der Waals surface area (Å²) in [5.41, 5.74) is 0.540. The third kappa shape index (κ3) is 5.67. The summed E-state index contributed by atoms with van der Waals surface area (Å²) in [4.78, 5) is 26.0. The highest BCUT2D eigenvalue weighted by Crippen LogP contribution is 2.32. The van der Waals surface area contributed by atoms with Crippen molar-refractivity contribution in [3.63, 3.8) is 0 Å². The summed E-state index contributed by atoms with van der Waals surface area (Å²) in [5, 5.41) is 9.76. The van der Waals surface area contributed by atoms with E-state index >= 15 is 0 Å². The largest absolute Gasteiger partial charge is 0.481 e. The molecule has 1 N–H and O–H groups in total. The number of carbonyl (C=O) groups excluding carboxylic acids is 1. The maximum atomic E-state index is 12.1. The molecule has 0 atom stereocenters. The van der Waals surface area contributed by atoms with Gasteiger partial charge in [0.1, 0.15) is 5.00 Å². The lowest BCUT2D eigenvalue weighted by Gasteiger charge is -2.24. The fourth-order valence-corrected chi connectivity index (χ4v) is 3.10. The number of thiophene rings is 1. The molecule has 0 fully saturated rings. The van der Waals surface area contributed by atoms with E-state index in [0.717, 1.165) is 22.8 Å². The number of rotatable bonds is 9. The Morgan fingerprint density at radius 2 is 2.05 bits per heavy atom. The van der Waals surface area contributed by atoms with Gasteiger partial charge in [-0.15, -0.1) is 11.3 Å². The van der Waals surface area contributed by atoms with E-state index in [1.807, 2.05) is 17.9 Å². The first-order chi connectivity index (χ1) is 10.3. The molecule has 22 heavy (non-hydrogen) atoms. The number of aryl methyl sites for hydroxylation is 1. The molecule has 1 aromatic rings. The first-order valence-electron chi connectivity index (χ1n) is 7.59. The number of hydrogen-bond acceptors (Lipinski definition) is 5. The third-order valence-corrected chi connectivity index (χ3v) is 4.30. The van der Waals surface area contributed by atoms with Crippen molar-refractivity contribution < 1.29 is 19.4 Å². The van der Waals surface area contributed by atoms with Crippen molar-refractivity contribution in [1.82, 2.24) is 0 Å². The molecule has 0 bridgehead atoms. The van der Waals surface area contributed by atoms with Crippen molar-refractivity contribution in [2.75, 3.05) is 24.6 Å². The molecule has 0 amide bonds. The molecular weight excluding hydrogens is 302 g/mol. The maximum absolute atomic E-state index is 12.1. The van der Waals surface area contributed by atoms with Gasteiger partial charge in [-0.25, -0.2) is 4.79 Å². The summed E-state index contributed by atoms with van der Waals surface area (Å²) in [6, 6.07) is 1.82. The van der Waals surface area contributed by atoms with Gasteiger partial charge < -0.3 is 14.7 Å². The van der Waals surface area contributed by atoms with Crippen molar-refractivity contribution in [3.05, 3.63) is 16.5 Å². The van der Waals surface area contributed by atoms with Gasteiger partial charge in [-0.3, -0.25) is 4.79 Å². The Morgan fingerprint density at radius 3 is 2.59 bits per heavy atom. The molecule has 0 aliphatic rings.